The quantitative estimate of drug-likeness (QED) is 0.758. The normalized spacial score (nSPS) is 14.4. The number of hydrogen-bond donors (Lipinski definition) is 0. The SMILES string of the molecule is CC=CC(C=C(C)Cl)=C(CC)n1cnnn1. The average molecular weight is 239 g/mol. The van der Waals surface area contributed by atoms with Gasteiger partial charge in [-0.3, -0.25) is 0 Å². The van der Waals surface area contributed by atoms with Crippen molar-refractivity contribution in [3.8, 4) is 0 Å². The molecule has 0 radical (unpaired) electrons. The van der Waals surface area contributed by atoms with E-state index < -0.39 is 0 Å². The second-order valence-corrected chi connectivity index (χ2v) is 3.84. The van der Waals surface area contributed by atoms with E-state index in [0.717, 1.165) is 22.7 Å². The monoisotopic (exact) mass is 238 g/mol. The smallest absolute Gasteiger partial charge is 0.143 e. The van der Waals surface area contributed by atoms with Gasteiger partial charge in [-0.1, -0.05) is 30.7 Å². The van der Waals surface area contributed by atoms with Gasteiger partial charge in [-0.25, -0.2) is 4.68 Å². The summed E-state index contributed by atoms with van der Waals surface area (Å²) in [7, 11) is 0. The molecule has 0 unspecified atom stereocenters. The topological polar surface area (TPSA) is 43.6 Å². The van der Waals surface area contributed by atoms with Crippen LogP contribution in [0.5, 0.6) is 0 Å². The third kappa shape index (κ3) is 3.31. The highest BCUT2D eigenvalue weighted by Crippen LogP contribution is 2.18. The van der Waals surface area contributed by atoms with Crippen LogP contribution in [-0.4, -0.2) is 20.2 Å². The lowest BCUT2D eigenvalue weighted by Gasteiger charge is -2.06. The first-order valence-electron chi connectivity index (χ1n) is 5.12. The molecule has 0 bridgehead atoms. The second-order valence-electron chi connectivity index (χ2n) is 3.24. The predicted octanol–water partition coefficient (Wildman–Crippen LogP) is 3.01. The summed E-state index contributed by atoms with van der Waals surface area (Å²) in [6.07, 6.45) is 8.27. The number of hydrogen-bond acceptors (Lipinski definition) is 3. The summed E-state index contributed by atoms with van der Waals surface area (Å²) in [5.41, 5.74) is 2.04. The minimum Gasteiger partial charge on any atom is -0.204 e. The molecule has 0 saturated carbocycles. The van der Waals surface area contributed by atoms with Crippen LogP contribution in [0.25, 0.3) is 5.70 Å². The van der Waals surface area contributed by atoms with Crippen molar-refractivity contribution in [3.63, 3.8) is 0 Å². The van der Waals surface area contributed by atoms with Gasteiger partial charge in [0.1, 0.15) is 6.33 Å². The van der Waals surface area contributed by atoms with E-state index in [-0.39, 0.29) is 0 Å². The summed E-state index contributed by atoms with van der Waals surface area (Å²) in [4.78, 5) is 0. The average Bonchev–Trinajstić information content (AvgIpc) is 2.71. The van der Waals surface area contributed by atoms with Crippen LogP contribution in [0.1, 0.15) is 27.2 Å². The van der Waals surface area contributed by atoms with Crippen molar-refractivity contribution in [1.29, 1.82) is 0 Å². The van der Waals surface area contributed by atoms with Gasteiger partial charge in [0.15, 0.2) is 0 Å². The van der Waals surface area contributed by atoms with Crippen LogP contribution >= 0.6 is 11.6 Å². The Hall–Kier alpha value is -1.42. The van der Waals surface area contributed by atoms with Crippen LogP contribution in [0.2, 0.25) is 0 Å². The molecule has 1 rings (SSSR count). The fourth-order valence-corrected chi connectivity index (χ4v) is 1.52. The molecule has 0 aromatic carbocycles. The number of halogens is 1. The molecule has 1 aromatic heterocycles. The van der Waals surface area contributed by atoms with Crippen LogP contribution < -0.4 is 0 Å². The second kappa shape index (κ2) is 6.23. The lowest BCUT2D eigenvalue weighted by atomic mass is 10.1. The molecular weight excluding hydrogens is 224 g/mol. The molecule has 16 heavy (non-hydrogen) atoms. The van der Waals surface area contributed by atoms with E-state index in [4.69, 9.17) is 11.6 Å². The molecule has 0 aliphatic carbocycles. The van der Waals surface area contributed by atoms with Gasteiger partial charge < -0.3 is 0 Å². The largest absolute Gasteiger partial charge is 0.204 e. The Bertz CT molecular complexity index is 411. The van der Waals surface area contributed by atoms with Gasteiger partial charge in [0.05, 0.1) is 5.70 Å². The molecular formula is C11H15ClN4. The molecule has 0 spiro atoms. The third-order valence-electron chi connectivity index (χ3n) is 1.99. The number of nitrogens with zero attached hydrogens (tertiary/aromatic N) is 4. The predicted molar refractivity (Wildman–Crippen MR) is 65.7 cm³/mol. The highest BCUT2D eigenvalue weighted by atomic mass is 35.5. The fourth-order valence-electron chi connectivity index (χ4n) is 1.40. The van der Waals surface area contributed by atoms with E-state index in [1.807, 2.05) is 32.1 Å². The van der Waals surface area contributed by atoms with Gasteiger partial charge in [0, 0.05) is 5.03 Å². The number of rotatable bonds is 4. The Morgan fingerprint density at radius 3 is 2.69 bits per heavy atom. The van der Waals surface area contributed by atoms with Crippen molar-refractivity contribution in [1.82, 2.24) is 20.2 Å². The van der Waals surface area contributed by atoms with E-state index in [2.05, 4.69) is 22.4 Å². The van der Waals surface area contributed by atoms with Gasteiger partial charge in [-0.2, -0.15) is 0 Å². The molecule has 0 aliphatic heterocycles. The van der Waals surface area contributed by atoms with Crippen molar-refractivity contribution in [2.24, 2.45) is 0 Å². The minimum absolute atomic E-state index is 0.729. The maximum absolute atomic E-state index is 5.90. The molecule has 1 heterocycles. The molecule has 0 N–H and O–H groups in total. The van der Waals surface area contributed by atoms with Crippen molar-refractivity contribution in [2.45, 2.75) is 27.2 Å². The van der Waals surface area contributed by atoms with Crippen LogP contribution in [-0.2, 0) is 0 Å². The van der Waals surface area contributed by atoms with Crippen molar-refractivity contribution in [2.75, 3.05) is 0 Å². The first-order chi connectivity index (χ1) is 7.69. The molecule has 86 valence electrons. The lowest BCUT2D eigenvalue weighted by Crippen LogP contribution is -2.00. The van der Waals surface area contributed by atoms with E-state index in [1.54, 1.807) is 11.0 Å². The fraction of sp³-hybridized carbons (Fsp3) is 0.364. The number of aromatic nitrogens is 4. The molecule has 0 saturated heterocycles. The Kier molecular flexibility index (Phi) is 4.92. The molecule has 1 aromatic rings. The van der Waals surface area contributed by atoms with Gasteiger partial charge in [-0.15, -0.1) is 5.10 Å². The maximum atomic E-state index is 5.90. The molecule has 4 nitrogen and oxygen atoms in total. The van der Waals surface area contributed by atoms with E-state index >= 15 is 0 Å². The standard InChI is InChI=1S/C11H15ClN4/c1-4-6-10(7-9(3)12)11(5-2)16-8-13-14-15-16/h4,6-8H,5H2,1-3H3. The highest BCUT2D eigenvalue weighted by molar-refractivity contribution is 6.29. The minimum atomic E-state index is 0.729. The first kappa shape index (κ1) is 12.6. The zero-order valence-electron chi connectivity index (χ0n) is 9.68. The van der Waals surface area contributed by atoms with Gasteiger partial charge >= 0.3 is 0 Å². The summed E-state index contributed by atoms with van der Waals surface area (Å²) in [6.45, 7) is 5.86. The Morgan fingerprint density at radius 1 is 1.50 bits per heavy atom. The van der Waals surface area contributed by atoms with Crippen LogP contribution in [0.4, 0.5) is 0 Å². The van der Waals surface area contributed by atoms with Crippen molar-refractivity contribution < 1.29 is 0 Å². The van der Waals surface area contributed by atoms with Gasteiger partial charge in [0.25, 0.3) is 0 Å². The summed E-state index contributed by atoms with van der Waals surface area (Å²) < 4.78 is 1.66. The molecule has 0 atom stereocenters. The van der Waals surface area contributed by atoms with Crippen molar-refractivity contribution in [3.05, 3.63) is 35.2 Å². The molecule has 0 amide bonds. The third-order valence-corrected chi connectivity index (χ3v) is 2.10. The van der Waals surface area contributed by atoms with Gasteiger partial charge in [0.2, 0.25) is 0 Å². The molecule has 0 aliphatic rings. The summed E-state index contributed by atoms with van der Waals surface area (Å²) >= 11 is 5.90. The summed E-state index contributed by atoms with van der Waals surface area (Å²) in [5, 5.41) is 11.9. The lowest BCUT2D eigenvalue weighted by molar-refractivity contribution is 0.781. The zero-order valence-corrected chi connectivity index (χ0v) is 10.4. The maximum Gasteiger partial charge on any atom is 0.143 e. The first-order valence-corrected chi connectivity index (χ1v) is 5.49. The van der Waals surface area contributed by atoms with E-state index in [9.17, 15) is 0 Å². The van der Waals surface area contributed by atoms with Crippen LogP contribution in [0, 0.1) is 0 Å². The summed E-state index contributed by atoms with van der Waals surface area (Å²) in [5.74, 6) is 0. The Morgan fingerprint density at radius 2 is 2.25 bits per heavy atom. The Balaban J connectivity index is 3.26. The summed E-state index contributed by atoms with van der Waals surface area (Å²) in [6, 6.07) is 0. The molecule has 0 fully saturated rings. The number of tetrazole rings is 1. The Labute approximate surface area is 100 Å². The van der Waals surface area contributed by atoms with E-state index in [1.165, 1.54) is 0 Å². The van der Waals surface area contributed by atoms with Crippen LogP contribution in [0.3, 0.4) is 0 Å². The number of allylic oxidation sites excluding steroid dienone is 6. The highest BCUT2D eigenvalue weighted by Gasteiger charge is 2.04. The molecule has 5 heteroatoms. The van der Waals surface area contributed by atoms with Crippen LogP contribution in [0.15, 0.2) is 35.2 Å². The zero-order chi connectivity index (χ0) is 12.0. The van der Waals surface area contributed by atoms with Gasteiger partial charge in [-0.05, 0) is 42.3 Å². The van der Waals surface area contributed by atoms with E-state index in [0.29, 0.717) is 0 Å². The van der Waals surface area contributed by atoms with Crippen molar-refractivity contribution >= 4 is 17.3 Å².